The smallest absolute Gasteiger partial charge is 0.121 e. The molecule has 0 aliphatic carbocycles. The predicted octanol–water partition coefficient (Wildman–Crippen LogP) is 3.74. The van der Waals surface area contributed by atoms with Gasteiger partial charge in [-0.1, -0.05) is 32.0 Å². The van der Waals surface area contributed by atoms with Gasteiger partial charge in [0.2, 0.25) is 0 Å². The highest BCUT2D eigenvalue weighted by molar-refractivity contribution is 5.31. The number of benzene rings is 1. The van der Waals surface area contributed by atoms with Crippen molar-refractivity contribution in [1.82, 2.24) is 4.90 Å². The highest BCUT2D eigenvalue weighted by Crippen LogP contribution is 2.14. The maximum Gasteiger partial charge on any atom is 0.121 e. The van der Waals surface area contributed by atoms with Crippen molar-refractivity contribution >= 4 is 0 Å². The van der Waals surface area contributed by atoms with Crippen molar-refractivity contribution in [3.8, 4) is 5.75 Å². The molecule has 0 heterocycles. The number of nitrogens with zero attached hydrogens (tertiary/aromatic N) is 1. The van der Waals surface area contributed by atoms with E-state index in [9.17, 15) is 0 Å². The maximum atomic E-state index is 5.04. The van der Waals surface area contributed by atoms with E-state index in [-0.39, 0.29) is 0 Å². The van der Waals surface area contributed by atoms with Crippen molar-refractivity contribution in [3.05, 3.63) is 29.8 Å². The van der Waals surface area contributed by atoms with Crippen LogP contribution >= 0.6 is 0 Å². The van der Waals surface area contributed by atoms with Gasteiger partial charge in [-0.15, -0.1) is 0 Å². The van der Waals surface area contributed by atoms with Gasteiger partial charge in [-0.2, -0.15) is 0 Å². The first-order valence-corrected chi connectivity index (χ1v) is 6.43. The zero-order chi connectivity index (χ0) is 13.1. The largest absolute Gasteiger partial charge is 0.496 e. The summed E-state index contributed by atoms with van der Waals surface area (Å²) in [5.74, 6) is 0.956. The van der Waals surface area contributed by atoms with Gasteiger partial charge < -0.3 is 9.64 Å². The van der Waals surface area contributed by atoms with E-state index >= 15 is 0 Å². The molecule has 0 aliphatic heterocycles. The average molecular weight is 237 g/mol. The fourth-order valence-electron chi connectivity index (χ4n) is 1.66. The SMILES string of the molecule is CCCN(C)CCC.COc1ccccc1C. The standard InChI is InChI=1S/C8H10O.C7H17N/c1-7-5-3-4-6-8(7)9-2;1-4-6-8(3)7-5-2/h3-6H,1-2H3;4-7H2,1-3H3. The fourth-order valence-corrected chi connectivity index (χ4v) is 1.66. The summed E-state index contributed by atoms with van der Waals surface area (Å²) in [5, 5.41) is 0. The molecule has 0 bridgehead atoms. The number of hydrogen-bond acceptors (Lipinski definition) is 2. The molecule has 0 saturated carbocycles. The normalized spacial score (nSPS) is 9.76. The number of para-hydroxylation sites is 1. The molecule has 2 heteroatoms. The van der Waals surface area contributed by atoms with Crippen molar-refractivity contribution in [2.75, 3.05) is 27.2 Å². The minimum Gasteiger partial charge on any atom is -0.496 e. The lowest BCUT2D eigenvalue weighted by molar-refractivity contribution is 0.335. The number of methoxy groups -OCH3 is 1. The Bertz CT molecular complexity index is 280. The maximum absolute atomic E-state index is 5.04. The van der Waals surface area contributed by atoms with Crippen molar-refractivity contribution in [1.29, 1.82) is 0 Å². The Morgan fingerprint density at radius 2 is 1.59 bits per heavy atom. The summed E-state index contributed by atoms with van der Waals surface area (Å²) in [7, 11) is 3.86. The molecule has 0 saturated heterocycles. The van der Waals surface area contributed by atoms with Crippen LogP contribution in [0.1, 0.15) is 32.3 Å². The molecule has 0 fully saturated rings. The van der Waals surface area contributed by atoms with Crippen LogP contribution in [0.25, 0.3) is 0 Å². The minimum atomic E-state index is 0.956. The molecule has 1 aromatic rings. The second-order valence-corrected chi connectivity index (χ2v) is 4.27. The van der Waals surface area contributed by atoms with Crippen molar-refractivity contribution in [3.63, 3.8) is 0 Å². The Kier molecular flexibility index (Phi) is 9.55. The van der Waals surface area contributed by atoms with Crippen LogP contribution in [-0.2, 0) is 0 Å². The first-order valence-electron chi connectivity index (χ1n) is 6.43. The lowest BCUT2D eigenvalue weighted by Crippen LogP contribution is -2.19. The Balaban J connectivity index is 0.000000304. The lowest BCUT2D eigenvalue weighted by atomic mass is 10.2. The molecule has 0 aliphatic rings. The lowest BCUT2D eigenvalue weighted by Gasteiger charge is -2.12. The highest BCUT2D eigenvalue weighted by Gasteiger charge is 1.91. The van der Waals surface area contributed by atoms with Gasteiger partial charge in [0, 0.05) is 0 Å². The Labute approximate surface area is 107 Å². The summed E-state index contributed by atoms with van der Waals surface area (Å²) in [6, 6.07) is 7.94. The van der Waals surface area contributed by atoms with Crippen LogP contribution in [-0.4, -0.2) is 32.1 Å². The van der Waals surface area contributed by atoms with Crippen LogP contribution in [0.2, 0.25) is 0 Å². The van der Waals surface area contributed by atoms with Crippen LogP contribution in [0.5, 0.6) is 5.75 Å². The molecule has 0 radical (unpaired) electrons. The molecule has 0 unspecified atom stereocenters. The molecule has 0 spiro atoms. The molecule has 17 heavy (non-hydrogen) atoms. The summed E-state index contributed by atoms with van der Waals surface area (Å²) in [6.07, 6.45) is 2.55. The van der Waals surface area contributed by atoms with E-state index < -0.39 is 0 Å². The second-order valence-electron chi connectivity index (χ2n) is 4.27. The first-order chi connectivity index (χ1) is 8.15. The van der Waals surface area contributed by atoms with E-state index in [1.165, 1.54) is 31.5 Å². The van der Waals surface area contributed by atoms with E-state index in [0.29, 0.717) is 0 Å². The van der Waals surface area contributed by atoms with Gasteiger partial charge >= 0.3 is 0 Å². The Morgan fingerprint density at radius 1 is 1.06 bits per heavy atom. The predicted molar refractivity (Wildman–Crippen MR) is 75.8 cm³/mol. The van der Waals surface area contributed by atoms with Gasteiger partial charge in [0.25, 0.3) is 0 Å². The van der Waals surface area contributed by atoms with Gasteiger partial charge in [0.15, 0.2) is 0 Å². The van der Waals surface area contributed by atoms with Crippen LogP contribution < -0.4 is 4.74 Å². The molecule has 98 valence electrons. The summed E-state index contributed by atoms with van der Waals surface area (Å²) in [4.78, 5) is 2.36. The van der Waals surface area contributed by atoms with Crippen molar-refractivity contribution in [2.24, 2.45) is 0 Å². The van der Waals surface area contributed by atoms with E-state index in [1.807, 2.05) is 31.2 Å². The van der Waals surface area contributed by atoms with Crippen molar-refractivity contribution in [2.45, 2.75) is 33.6 Å². The molecule has 0 amide bonds. The Hall–Kier alpha value is -1.02. The van der Waals surface area contributed by atoms with Gasteiger partial charge in [0.05, 0.1) is 7.11 Å². The van der Waals surface area contributed by atoms with Crippen LogP contribution in [0.3, 0.4) is 0 Å². The van der Waals surface area contributed by atoms with Crippen LogP contribution in [0, 0.1) is 6.92 Å². The van der Waals surface area contributed by atoms with Gasteiger partial charge in [-0.05, 0) is 51.5 Å². The molecule has 0 aromatic heterocycles. The highest BCUT2D eigenvalue weighted by atomic mass is 16.5. The monoisotopic (exact) mass is 237 g/mol. The van der Waals surface area contributed by atoms with E-state index in [4.69, 9.17) is 4.74 Å². The second kappa shape index (κ2) is 10.2. The molecular weight excluding hydrogens is 210 g/mol. The third kappa shape index (κ3) is 7.81. The number of ether oxygens (including phenoxy) is 1. The number of aryl methyl sites for hydroxylation is 1. The first kappa shape index (κ1) is 16.0. The third-order valence-corrected chi connectivity index (χ3v) is 2.52. The molecule has 2 nitrogen and oxygen atoms in total. The molecule has 0 N–H and O–H groups in total. The molecule has 1 aromatic carbocycles. The van der Waals surface area contributed by atoms with Crippen LogP contribution in [0.4, 0.5) is 0 Å². The zero-order valence-corrected chi connectivity index (χ0v) is 12.0. The third-order valence-electron chi connectivity index (χ3n) is 2.52. The fraction of sp³-hybridized carbons (Fsp3) is 0.600. The Morgan fingerprint density at radius 3 is 1.94 bits per heavy atom. The minimum absolute atomic E-state index is 0.956. The summed E-state index contributed by atoms with van der Waals surface area (Å²) < 4.78 is 5.04. The van der Waals surface area contributed by atoms with Gasteiger partial charge in [-0.25, -0.2) is 0 Å². The number of rotatable bonds is 5. The van der Waals surface area contributed by atoms with Crippen molar-refractivity contribution < 1.29 is 4.74 Å². The van der Waals surface area contributed by atoms with E-state index in [2.05, 4.69) is 25.8 Å². The summed E-state index contributed by atoms with van der Waals surface area (Å²) >= 11 is 0. The van der Waals surface area contributed by atoms with E-state index in [1.54, 1.807) is 7.11 Å². The summed E-state index contributed by atoms with van der Waals surface area (Å²) in [6.45, 7) is 8.94. The average Bonchev–Trinajstić information content (AvgIpc) is 2.31. The molecule has 1 rings (SSSR count). The quantitative estimate of drug-likeness (QED) is 0.773. The number of hydrogen-bond donors (Lipinski definition) is 0. The molecule has 0 atom stereocenters. The van der Waals surface area contributed by atoms with Gasteiger partial charge in [-0.3, -0.25) is 0 Å². The zero-order valence-electron chi connectivity index (χ0n) is 12.0. The summed E-state index contributed by atoms with van der Waals surface area (Å²) in [5.41, 5.74) is 1.18. The van der Waals surface area contributed by atoms with Gasteiger partial charge in [0.1, 0.15) is 5.75 Å². The topological polar surface area (TPSA) is 12.5 Å². The molecular formula is C15H27NO. The van der Waals surface area contributed by atoms with E-state index in [0.717, 1.165) is 5.75 Å². The van der Waals surface area contributed by atoms with Crippen LogP contribution in [0.15, 0.2) is 24.3 Å².